The maximum atomic E-state index is 12.5. The Morgan fingerprint density at radius 2 is 1.74 bits per heavy atom. The molecule has 0 aliphatic carbocycles. The van der Waals surface area contributed by atoms with Crippen molar-refractivity contribution in [3.63, 3.8) is 0 Å². The fourth-order valence-electron chi connectivity index (χ4n) is 1.84. The van der Waals surface area contributed by atoms with Crippen molar-refractivity contribution in [3.8, 4) is 11.5 Å². The predicted octanol–water partition coefficient (Wildman–Crippen LogP) is 4.20. The summed E-state index contributed by atoms with van der Waals surface area (Å²) in [4.78, 5) is 10.1. The minimum atomic E-state index is -4.39. The van der Waals surface area contributed by atoms with Crippen molar-refractivity contribution in [2.45, 2.75) is 12.8 Å². The third kappa shape index (κ3) is 4.12. The van der Waals surface area contributed by atoms with Gasteiger partial charge in [-0.25, -0.2) is 0 Å². The summed E-state index contributed by atoms with van der Waals surface area (Å²) in [6, 6.07) is 8.38. The number of rotatable bonds is 5. The average molecular weight is 327 g/mol. The summed E-state index contributed by atoms with van der Waals surface area (Å²) in [5.41, 5.74) is -0.365. The van der Waals surface area contributed by atoms with E-state index in [-0.39, 0.29) is 23.8 Å². The third-order valence-corrected chi connectivity index (χ3v) is 3.03. The number of nitro groups is 1. The van der Waals surface area contributed by atoms with E-state index in [9.17, 15) is 23.3 Å². The Hall–Kier alpha value is -2.77. The van der Waals surface area contributed by atoms with E-state index in [0.29, 0.717) is 5.56 Å². The van der Waals surface area contributed by atoms with Crippen LogP contribution in [0.2, 0.25) is 0 Å². The van der Waals surface area contributed by atoms with E-state index in [4.69, 9.17) is 9.47 Å². The first-order valence-corrected chi connectivity index (χ1v) is 6.42. The van der Waals surface area contributed by atoms with E-state index in [0.717, 1.165) is 12.1 Å². The Morgan fingerprint density at radius 1 is 1.09 bits per heavy atom. The van der Waals surface area contributed by atoms with Gasteiger partial charge >= 0.3 is 6.18 Å². The summed E-state index contributed by atoms with van der Waals surface area (Å²) in [6.07, 6.45) is -4.39. The molecule has 0 spiro atoms. The second kappa shape index (κ2) is 6.55. The zero-order valence-corrected chi connectivity index (χ0v) is 12.0. The molecule has 0 saturated carbocycles. The Balaban J connectivity index is 2.10. The smallest absolute Gasteiger partial charge is 0.416 e. The van der Waals surface area contributed by atoms with Crippen molar-refractivity contribution in [1.82, 2.24) is 0 Å². The van der Waals surface area contributed by atoms with Crippen LogP contribution < -0.4 is 9.47 Å². The zero-order chi connectivity index (χ0) is 17.0. The molecule has 0 fully saturated rings. The lowest BCUT2D eigenvalue weighted by molar-refractivity contribution is -0.385. The van der Waals surface area contributed by atoms with Crippen molar-refractivity contribution in [2.24, 2.45) is 0 Å². The van der Waals surface area contributed by atoms with E-state index >= 15 is 0 Å². The van der Waals surface area contributed by atoms with Gasteiger partial charge in [0.05, 0.1) is 23.7 Å². The van der Waals surface area contributed by atoms with E-state index in [2.05, 4.69) is 0 Å². The van der Waals surface area contributed by atoms with E-state index in [1.54, 1.807) is 0 Å². The van der Waals surface area contributed by atoms with Crippen LogP contribution in [0.15, 0.2) is 42.5 Å². The van der Waals surface area contributed by atoms with Crippen LogP contribution >= 0.6 is 0 Å². The molecule has 2 rings (SSSR count). The van der Waals surface area contributed by atoms with Gasteiger partial charge in [0.1, 0.15) is 6.61 Å². The molecule has 0 atom stereocenters. The van der Waals surface area contributed by atoms with Gasteiger partial charge in [-0.1, -0.05) is 12.1 Å². The standard InChI is InChI=1S/C15H12F3NO4/c1-22-14-8-12(19(20)21)6-7-13(14)23-9-10-2-4-11(5-3-10)15(16,17)18/h2-8H,9H2,1H3. The van der Waals surface area contributed by atoms with E-state index < -0.39 is 16.7 Å². The van der Waals surface area contributed by atoms with Gasteiger partial charge in [-0.05, 0) is 23.8 Å². The monoisotopic (exact) mass is 327 g/mol. The van der Waals surface area contributed by atoms with Gasteiger partial charge in [0, 0.05) is 6.07 Å². The number of nitro benzene ring substituents is 1. The fraction of sp³-hybridized carbons (Fsp3) is 0.200. The molecule has 0 unspecified atom stereocenters. The van der Waals surface area contributed by atoms with Gasteiger partial charge in [-0.15, -0.1) is 0 Å². The number of hydrogen-bond donors (Lipinski definition) is 0. The molecule has 0 radical (unpaired) electrons. The molecule has 0 aliphatic rings. The van der Waals surface area contributed by atoms with Crippen molar-refractivity contribution in [1.29, 1.82) is 0 Å². The van der Waals surface area contributed by atoms with Crippen LogP contribution in [0.5, 0.6) is 11.5 Å². The van der Waals surface area contributed by atoms with Crippen LogP contribution in [0.3, 0.4) is 0 Å². The quantitative estimate of drug-likeness (QED) is 0.610. The molecule has 0 aromatic heterocycles. The molecular weight excluding hydrogens is 315 g/mol. The van der Waals surface area contributed by atoms with Crippen LogP contribution in [0, 0.1) is 10.1 Å². The highest BCUT2D eigenvalue weighted by Crippen LogP contribution is 2.32. The van der Waals surface area contributed by atoms with Gasteiger partial charge < -0.3 is 9.47 Å². The molecule has 122 valence electrons. The summed E-state index contributed by atoms with van der Waals surface area (Å²) in [5.74, 6) is 0.434. The maximum Gasteiger partial charge on any atom is 0.416 e. The van der Waals surface area contributed by atoms with Gasteiger partial charge in [0.2, 0.25) is 0 Å². The van der Waals surface area contributed by atoms with Crippen molar-refractivity contribution >= 4 is 5.69 Å². The summed E-state index contributed by atoms with van der Waals surface area (Å²) >= 11 is 0. The van der Waals surface area contributed by atoms with Crippen LogP contribution in [0.4, 0.5) is 18.9 Å². The van der Waals surface area contributed by atoms with Crippen LogP contribution in [-0.4, -0.2) is 12.0 Å². The molecule has 0 amide bonds. The van der Waals surface area contributed by atoms with Crippen LogP contribution in [-0.2, 0) is 12.8 Å². The number of benzene rings is 2. The molecule has 0 heterocycles. The topological polar surface area (TPSA) is 61.6 Å². The minimum Gasteiger partial charge on any atom is -0.493 e. The van der Waals surface area contributed by atoms with E-state index in [1.807, 2.05) is 0 Å². The Bertz CT molecular complexity index is 699. The van der Waals surface area contributed by atoms with Gasteiger partial charge in [-0.3, -0.25) is 10.1 Å². The molecule has 0 aliphatic heterocycles. The summed E-state index contributed by atoms with van der Waals surface area (Å²) in [6.45, 7) is 0.00626. The molecule has 0 saturated heterocycles. The number of methoxy groups -OCH3 is 1. The van der Waals surface area contributed by atoms with Gasteiger partial charge in [0.15, 0.2) is 11.5 Å². The number of hydrogen-bond acceptors (Lipinski definition) is 4. The number of halogens is 3. The number of nitrogens with zero attached hydrogens (tertiary/aromatic N) is 1. The van der Waals surface area contributed by atoms with Crippen molar-refractivity contribution in [2.75, 3.05) is 7.11 Å². The lowest BCUT2D eigenvalue weighted by atomic mass is 10.1. The Morgan fingerprint density at radius 3 is 2.26 bits per heavy atom. The molecule has 5 nitrogen and oxygen atoms in total. The van der Waals surface area contributed by atoms with Crippen molar-refractivity contribution in [3.05, 3.63) is 63.7 Å². The predicted molar refractivity (Wildman–Crippen MR) is 75.4 cm³/mol. The normalized spacial score (nSPS) is 11.1. The average Bonchev–Trinajstić information content (AvgIpc) is 2.52. The highest BCUT2D eigenvalue weighted by molar-refractivity contribution is 5.48. The second-order valence-corrected chi connectivity index (χ2v) is 4.58. The molecule has 0 N–H and O–H groups in total. The lowest BCUT2D eigenvalue weighted by Gasteiger charge is -2.11. The third-order valence-electron chi connectivity index (χ3n) is 3.03. The highest BCUT2D eigenvalue weighted by Gasteiger charge is 2.29. The number of ether oxygens (including phenoxy) is 2. The van der Waals surface area contributed by atoms with Gasteiger partial charge in [0.25, 0.3) is 5.69 Å². The molecule has 0 bridgehead atoms. The SMILES string of the molecule is COc1cc([N+](=O)[O-])ccc1OCc1ccc(C(F)(F)F)cc1. The van der Waals surface area contributed by atoms with Crippen molar-refractivity contribution < 1.29 is 27.6 Å². The molecule has 23 heavy (non-hydrogen) atoms. The van der Waals surface area contributed by atoms with E-state index in [1.165, 1.54) is 37.4 Å². The first-order valence-electron chi connectivity index (χ1n) is 6.42. The summed E-state index contributed by atoms with van der Waals surface area (Å²) < 4.78 is 47.9. The van der Waals surface area contributed by atoms with Crippen LogP contribution in [0.1, 0.15) is 11.1 Å². The lowest BCUT2D eigenvalue weighted by Crippen LogP contribution is -2.05. The molecule has 2 aromatic carbocycles. The Kier molecular flexibility index (Phi) is 4.73. The largest absolute Gasteiger partial charge is 0.493 e. The first-order chi connectivity index (χ1) is 10.8. The maximum absolute atomic E-state index is 12.5. The molecule has 8 heteroatoms. The number of alkyl halides is 3. The minimum absolute atomic E-state index is 0.00626. The molecular formula is C15H12F3NO4. The summed E-state index contributed by atoms with van der Waals surface area (Å²) in [5, 5.41) is 10.7. The second-order valence-electron chi connectivity index (χ2n) is 4.58. The van der Waals surface area contributed by atoms with Gasteiger partial charge in [-0.2, -0.15) is 13.2 Å². The molecule has 2 aromatic rings. The highest BCUT2D eigenvalue weighted by atomic mass is 19.4. The first kappa shape index (κ1) is 16.6. The fourth-order valence-corrected chi connectivity index (χ4v) is 1.84. The number of non-ortho nitro benzene ring substituents is 1. The summed E-state index contributed by atoms with van der Waals surface area (Å²) in [7, 11) is 1.34. The zero-order valence-electron chi connectivity index (χ0n) is 12.0. The van der Waals surface area contributed by atoms with Crippen LogP contribution in [0.25, 0.3) is 0 Å². The Labute approximate surface area is 129 Å².